The molecule has 7 nitrogen and oxygen atoms in total. The summed E-state index contributed by atoms with van der Waals surface area (Å²) < 4.78 is 10.7. The first kappa shape index (κ1) is 22.3. The number of carbonyl (C=O) groups is 1. The van der Waals surface area contributed by atoms with E-state index in [9.17, 15) is 15.0 Å². The van der Waals surface area contributed by atoms with E-state index in [0.717, 1.165) is 16.8 Å². The number of nitrogens with zero attached hydrogens (tertiary/aromatic N) is 1. The third-order valence-electron chi connectivity index (χ3n) is 5.89. The largest absolute Gasteiger partial charge is 0.488 e. The number of benzene rings is 1. The van der Waals surface area contributed by atoms with Gasteiger partial charge in [-0.25, -0.2) is 4.79 Å². The predicted octanol–water partition coefficient (Wildman–Crippen LogP) is 2.40. The number of piperidine rings is 1. The maximum absolute atomic E-state index is 12.0. The number of methoxy groups -OCH3 is 1. The first-order valence-corrected chi connectivity index (χ1v) is 10.5. The number of β-amino-alcohol motifs (C(OH)–C–C–N with tert-alkyl or cyclic N) is 1. The number of aromatic nitrogens is 1. The van der Waals surface area contributed by atoms with Crippen LogP contribution in [0.4, 0.5) is 0 Å². The van der Waals surface area contributed by atoms with Crippen molar-refractivity contribution < 1.29 is 24.5 Å². The molecule has 0 spiro atoms. The second kappa shape index (κ2) is 9.64. The molecule has 3 N–H and O–H groups in total. The number of aromatic amines is 1. The molecule has 1 aliphatic heterocycles. The van der Waals surface area contributed by atoms with Gasteiger partial charge in [0.25, 0.3) is 0 Å². The van der Waals surface area contributed by atoms with E-state index in [4.69, 9.17) is 9.47 Å². The van der Waals surface area contributed by atoms with Crippen molar-refractivity contribution in [2.24, 2.45) is 0 Å². The molecule has 0 bridgehead atoms. The molecule has 0 amide bonds. The Hall–Kier alpha value is -2.35. The maximum atomic E-state index is 12.0. The molecule has 1 aromatic heterocycles. The molecule has 0 radical (unpaired) electrons. The molecule has 1 aromatic carbocycles. The average molecular weight is 417 g/mol. The van der Waals surface area contributed by atoms with Crippen LogP contribution in [0.25, 0.3) is 0 Å². The van der Waals surface area contributed by atoms with Gasteiger partial charge >= 0.3 is 5.97 Å². The van der Waals surface area contributed by atoms with Crippen LogP contribution in [0, 0.1) is 6.92 Å². The number of esters is 1. The number of carbonyl (C=O) groups excluding carboxylic acids is 1. The molecule has 0 saturated carbocycles. The summed E-state index contributed by atoms with van der Waals surface area (Å²) in [5, 5.41) is 21.5. The van der Waals surface area contributed by atoms with Crippen molar-refractivity contribution in [2.45, 2.75) is 44.8 Å². The van der Waals surface area contributed by atoms with E-state index in [0.29, 0.717) is 44.6 Å². The fourth-order valence-corrected chi connectivity index (χ4v) is 4.14. The van der Waals surface area contributed by atoms with Gasteiger partial charge in [-0.15, -0.1) is 0 Å². The SMILES string of the molecule is CCc1c(C)[nH]c(C(=O)OC)c1OCC(O)CN1CCC(O)(c2ccccc2)CC1. The summed E-state index contributed by atoms with van der Waals surface area (Å²) in [6, 6.07) is 9.75. The number of aliphatic hydroxyl groups excluding tert-OH is 1. The number of H-pyrrole nitrogens is 1. The Morgan fingerprint density at radius 1 is 1.27 bits per heavy atom. The van der Waals surface area contributed by atoms with Crippen LogP contribution in [-0.4, -0.2) is 65.5 Å². The molecule has 0 aliphatic carbocycles. The summed E-state index contributed by atoms with van der Waals surface area (Å²) in [6.45, 7) is 5.79. The first-order chi connectivity index (χ1) is 14.4. The van der Waals surface area contributed by atoms with Crippen LogP contribution in [0.2, 0.25) is 0 Å². The Balaban J connectivity index is 1.55. The maximum Gasteiger partial charge on any atom is 0.358 e. The van der Waals surface area contributed by atoms with Crippen LogP contribution < -0.4 is 4.74 Å². The van der Waals surface area contributed by atoms with E-state index < -0.39 is 17.7 Å². The highest BCUT2D eigenvalue weighted by Crippen LogP contribution is 2.33. The van der Waals surface area contributed by atoms with Crippen LogP contribution >= 0.6 is 0 Å². The highest BCUT2D eigenvalue weighted by Gasteiger charge is 2.34. The van der Waals surface area contributed by atoms with Gasteiger partial charge < -0.3 is 29.6 Å². The molecule has 1 saturated heterocycles. The number of likely N-dealkylation sites (tertiary alicyclic amines) is 1. The van der Waals surface area contributed by atoms with E-state index in [1.165, 1.54) is 7.11 Å². The van der Waals surface area contributed by atoms with Gasteiger partial charge in [0, 0.05) is 30.9 Å². The van der Waals surface area contributed by atoms with E-state index in [-0.39, 0.29) is 12.3 Å². The van der Waals surface area contributed by atoms with Crippen molar-refractivity contribution in [1.29, 1.82) is 0 Å². The van der Waals surface area contributed by atoms with Gasteiger partial charge in [-0.3, -0.25) is 0 Å². The molecule has 1 aliphatic rings. The number of nitrogens with one attached hydrogen (secondary N) is 1. The van der Waals surface area contributed by atoms with Crippen molar-refractivity contribution in [3.05, 3.63) is 52.8 Å². The lowest BCUT2D eigenvalue weighted by atomic mass is 9.84. The van der Waals surface area contributed by atoms with Crippen LogP contribution in [0.5, 0.6) is 5.75 Å². The zero-order valence-electron chi connectivity index (χ0n) is 18.0. The summed E-state index contributed by atoms with van der Waals surface area (Å²) >= 11 is 0. The molecule has 1 unspecified atom stereocenters. The monoisotopic (exact) mass is 416 g/mol. The molecule has 1 atom stereocenters. The Labute approximate surface area is 177 Å². The van der Waals surface area contributed by atoms with Gasteiger partial charge in [0.1, 0.15) is 12.7 Å². The molecule has 3 rings (SSSR count). The standard InChI is InChI=1S/C23H32N2O5/c1-4-19-16(2)24-20(22(27)29-3)21(19)30-15-18(26)14-25-12-10-23(28,11-13-25)17-8-6-5-7-9-17/h5-9,18,24,26,28H,4,10-15H2,1-3H3. The smallest absolute Gasteiger partial charge is 0.358 e. The van der Waals surface area contributed by atoms with E-state index in [1.54, 1.807) is 0 Å². The lowest BCUT2D eigenvalue weighted by molar-refractivity contribution is -0.0372. The highest BCUT2D eigenvalue weighted by atomic mass is 16.5. The zero-order chi connectivity index (χ0) is 21.7. The van der Waals surface area contributed by atoms with Crippen molar-refractivity contribution in [3.8, 4) is 5.75 Å². The molecule has 1 fully saturated rings. The number of aliphatic hydroxyl groups is 2. The molecular weight excluding hydrogens is 384 g/mol. The topological polar surface area (TPSA) is 95.0 Å². The van der Waals surface area contributed by atoms with Crippen molar-refractivity contribution in [2.75, 3.05) is 33.4 Å². The first-order valence-electron chi connectivity index (χ1n) is 10.5. The molecule has 2 heterocycles. The zero-order valence-corrected chi connectivity index (χ0v) is 18.0. The third kappa shape index (κ3) is 4.86. The van der Waals surface area contributed by atoms with E-state index in [1.807, 2.05) is 44.2 Å². The van der Waals surface area contributed by atoms with Crippen LogP contribution in [0.3, 0.4) is 0 Å². The lowest BCUT2D eigenvalue weighted by Crippen LogP contribution is -2.46. The molecule has 7 heteroatoms. The highest BCUT2D eigenvalue weighted by molar-refractivity contribution is 5.91. The quantitative estimate of drug-likeness (QED) is 0.572. The summed E-state index contributed by atoms with van der Waals surface area (Å²) in [4.78, 5) is 17.2. The Morgan fingerprint density at radius 3 is 2.53 bits per heavy atom. The van der Waals surface area contributed by atoms with E-state index >= 15 is 0 Å². The Kier molecular flexibility index (Phi) is 7.18. The minimum absolute atomic E-state index is 0.0771. The van der Waals surface area contributed by atoms with Gasteiger partial charge in [-0.1, -0.05) is 37.3 Å². The minimum Gasteiger partial charge on any atom is -0.488 e. The number of rotatable bonds is 8. The fourth-order valence-electron chi connectivity index (χ4n) is 4.14. The Morgan fingerprint density at radius 2 is 1.93 bits per heavy atom. The van der Waals surface area contributed by atoms with Gasteiger partial charge in [0.05, 0.1) is 12.7 Å². The number of aryl methyl sites for hydroxylation is 1. The lowest BCUT2D eigenvalue weighted by Gasteiger charge is -2.39. The molecule has 30 heavy (non-hydrogen) atoms. The second-order valence-corrected chi connectivity index (χ2v) is 7.94. The molecule has 2 aromatic rings. The van der Waals surface area contributed by atoms with Crippen LogP contribution in [0.1, 0.15) is 47.1 Å². The number of ether oxygens (including phenoxy) is 2. The average Bonchev–Trinajstić information content (AvgIpc) is 3.09. The summed E-state index contributed by atoms with van der Waals surface area (Å²) in [5.74, 6) is -0.0310. The van der Waals surface area contributed by atoms with Crippen molar-refractivity contribution >= 4 is 5.97 Å². The van der Waals surface area contributed by atoms with Crippen molar-refractivity contribution in [1.82, 2.24) is 9.88 Å². The fraction of sp³-hybridized carbons (Fsp3) is 0.522. The van der Waals surface area contributed by atoms with Gasteiger partial charge in [0.15, 0.2) is 11.4 Å². The van der Waals surface area contributed by atoms with Gasteiger partial charge in [-0.05, 0) is 31.7 Å². The Bertz CT molecular complexity index is 841. The van der Waals surface area contributed by atoms with Gasteiger partial charge in [0.2, 0.25) is 0 Å². The molecule has 164 valence electrons. The van der Waals surface area contributed by atoms with Crippen LogP contribution in [-0.2, 0) is 16.8 Å². The number of hydrogen-bond donors (Lipinski definition) is 3. The summed E-state index contributed by atoms with van der Waals surface area (Å²) in [6.07, 6.45) is 1.23. The molecular formula is C23H32N2O5. The predicted molar refractivity (Wildman–Crippen MR) is 114 cm³/mol. The van der Waals surface area contributed by atoms with E-state index in [2.05, 4.69) is 9.88 Å². The third-order valence-corrected chi connectivity index (χ3v) is 5.89. The summed E-state index contributed by atoms with van der Waals surface area (Å²) in [7, 11) is 1.33. The number of hydrogen-bond acceptors (Lipinski definition) is 6. The van der Waals surface area contributed by atoms with Crippen LogP contribution in [0.15, 0.2) is 30.3 Å². The normalized spacial score (nSPS) is 17.5. The second-order valence-electron chi connectivity index (χ2n) is 7.94. The minimum atomic E-state index is -0.812. The van der Waals surface area contributed by atoms with Crippen molar-refractivity contribution in [3.63, 3.8) is 0 Å². The van der Waals surface area contributed by atoms with Gasteiger partial charge in [-0.2, -0.15) is 0 Å². The summed E-state index contributed by atoms with van der Waals surface area (Å²) in [5.41, 5.74) is 2.18.